The predicted molar refractivity (Wildman–Crippen MR) is 93.4 cm³/mol. The second kappa shape index (κ2) is 7.18. The van der Waals surface area contributed by atoms with Gasteiger partial charge in [0.1, 0.15) is 12.2 Å². The van der Waals surface area contributed by atoms with Gasteiger partial charge in [-0.05, 0) is 18.9 Å². The minimum atomic E-state index is -0.454. The van der Waals surface area contributed by atoms with Gasteiger partial charge in [0.25, 0.3) is 5.91 Å². The second-order valence-corrected chi connectivity index (χ2v) is 6.79. The lowest BCUT2D eigenvalue weighted by atomic mass is 10.0. The zero-order valence-corrected chi connectivity index (χ0v) is 14.8. The number of anilines is 1. The molecule has 2 aromatic heterocycles. The molecule has 25 heavy (non-hydrogen) atoms. The quantitative estimate of drug-likeness (QED) is 0.823. The molecule has 0 saturated heterocycles. The van der Waals surface area contributed by atoms with Crippen LogP contribution in [0.1, 0.15) is 34.9 Å². The molecule has 8 nitrogen and oxygen atoms in total. The van der Waals surface area contributed by atoms with Crippen LogP contribution in [-0.4, -0.2) is 57.5 Å². The van der Waals surface area contributed by atoms with Crippen molar-refractivity contribution in [3.63, 3.8) is 0 Å². The lowest BCUT2D eigenvalue weighted by Crippen LogP contribution is -2.33. The Labute approximate surface area is 146 Å². The number of hydrogen-bond acceptors (Lipinski definition) is 6. The fraction of sp³-hybridized carbons (Fsp3) is 0.529. The number of aliphatic hydroxyl groups excluding tert-OH is 1. The lowest BCUT2D eigenvalue weighted by Gasteiger charge is -2.18. The third-order valence-corrected chi connectivity index (χ3v) is 4.82. The first-order valence-electron chi connectivity index (χ1n) is 8.39. The highest BCUT2D eigenvalue weighted by Crippen LogP contribution is 2.37. The van der Waals surface area contributed by atoms with Crippen LogP contribution in [0, 0.1) is 5.92 Å². The molecule has 3 rings (SSSR count). The minimum Gasteiger partial charge on any atom is -0.393 e. The van der Waals surface area contributed by atoms with Gasteiger partial charge in [-0.1, -0.05) is 0 Å². The van der Waals surface area contributed by atoms with Crippen molar-refractivity contribution in [3.05, 3.63) is 36.2 Å². The first-order chi connectivity index (χ1) is 12.0. The molecule has 3 atom stereocenters. The van der Waals surface area contributed by atoms with Crippen LogP contribution in [-0.2, 0) is 7.05 Å². The second-order valence-electron chi connectivity index (χ2n) is 6.79. The summed E-state index contributed by atoms with van der Waals surface area (Å²) < 4.78 is 1.89. The zero-order chi connectivity index (χ0) is 18.0. The Morgan fingerprint density at radius 3 is 2.92 bits per heavy atom. The lowest BCUT2D eigenvalue weighted by molar-refractivity contribution is 0.0917. The maximum Gasteiger partial charge on any atom is 0.254 e. The number of nitrogens with one attached hydrogen (secondary N) is 1. The number of rotatable bonds is 5. The van der Waals surface area contributed by atoms with E-state index in [4.69, 9.17) is 0 Å². The molecule has 1 saturated carbocycles. The molecule has 0 bridgehead atoms. The molecule has 0 spiro atoms. The summed E-state index contributed by atoms with van der Waals surface area (Å²) in [5.41, 5.74) is 1.35. The van der Waals surface area contributed by atoms with Crippen LogP contribution in [0.15, 0.2) is 24.8 Å². The largest absolute Gasteiger partial charge is 0.393 e. The third-order valence-electron chi connectivity index (χ3n) is 4.82. The maximum absolute atomic E-state index is 12.5. The smallest absolute Gasteiger partial charge is 0.254 e. The molecule has 2 heterocycles. The Morgan fingerprint density at radius 1 is 1.44 bits per heavy atom. The summed E-state index contributed by atoms with van der Waals surface area (Å²) in [4.78, 5) is 18.4. The van der Waals surface area contributed by atoms with Gasteiger partial charge >= 0.3 is 0 Å². The molecule has 0 aromatic carbocycles. The van der Waals surface area contributed by atoms with E-state index in [1.807, 2.05) is 36.7 Å². The normalized spacial score (nSPS) is 22.8. The molecule has 8 heteroatoms. The number of hydrogen-bond donors (Lipinski definition) is 2. The fourth-order valence-corrected chi connectivity index (χ4v) is 3.47. The summed E-state index contributed by atoms with van der Waals surface area (Å²) in [6.07, 6.45) is 5.87. The molecule has 2 N–H and O–H groups in total. The molecule has 1 amide bonds. The van der Waals surface area contributed by atoms with Crippen molar-refractivity contribution in [2.75, 3.05) is 25.5 Å². The number of nitrogens with zero attached hydrogens (tertiary/aromatic N) is 5. The monoisotopic (exact) mass is 344 g/mol. The van der Waals surface area contributed by atoms with E-state index in [1.54, 1.807) is 18.7 Å². The average Bonchev–Trinajstić information content (AvgIpc) is 3.18. The van der Waals surface area contributed by atoms with E-state index in [1.165, 1.54) is 0 Å². The Balaban J connectivity index is 1.62. The van der Waals surface area contributed by atoms with E-state index in [-0.39, 0.29) is 17.7 Å². The van der Waals surface area contributed by atoms with Gasteiger partial charge in [-0.3, -0.25) is 9.78 Å². The predicted octanol–water partition coefficient (Wildman–Crippen LogP) is 0.561. The van der Waals surface area contributed by atoms with E-state index in [0.717, 1.165) is 17.9 Å². The van der Waals surface area contributed by atoms with Crippen LogP contribution in [0.2, 0.25) is 0 Å². The molecule has 0 radical (unpaired) electrons. The number of pyridine rings is 1. The Morgan fingerprint density at radius 2 is 2.24 bits per heavy atom. The van der Waals surface area contributed by atoms with Crippen LogP contribution < -0.4 is 10.2 Å². The molecule has 134 valence electrons. The maximum atomic E-state index is 12.5. The highest BCUT2D eigenvalue weighted by molar-refractivity contribution is 5.99. The van der Waals surface area contributed by atoms with Crippen molar-refractivity contribution < 1.29 is 9.90 Å². The van der Waals surface area contributed by atoms with Gasteiger partial charge in [0.2, 0.25) is 0 Å². The van der Waals surface area contributed by atoms with E-state index < -0.39 is 6.10 Å². The van der Waals surface area contributed by atoms with E-state index in [2.05, 4.69) is 20.5 Å². The van der Waals surface area contributed by atoms with Crippen molar-refractivity contribution in [2.45, 2.75) is 24.9 Å². The number of aryl methyl sites for hydroxylation is 1. The van der Waals surface area contributed by atoms with E-state index >= 15 is 0 Å². The zero-order valence-electron chi connectivity index (χ0n) is 14.8. The first kappa shape index (κ1) is 17.3. The van der Waals surface area contributed by atoms with Gasteiger partial charge in [0.05, 0.1) is 17.4 Å². The van der Waals surface area contributed by atoms with Gasteiger partial charge in [0, 0.05) is 51.9 Å². The summed E-state index contributed by atoms with van der Waals surface area (Å²) in [6, 6.07) is 1.81. The molecular formula is C17H24N6O2. The standard InChI is InChI=1S/C17H24N6O2/c1-22(2)14-4-5-18-9-13(14)17(25)19-8-12-6-11(7-15(12)24)16-21-20-10-23(16)3/h4-5,9-12,15,24H,6-8H2,1-3H3,(H,19,25)/t11-,12+,15+/m0/s1. The molecule has 2 aromatic rings. The number of aliphatic hydroxyl groups is 1. The number of aromatic nitrogens is 4. The van der Waals surface area contributed by atoms with Crippen molar-refractivity contribution >= 4 is 11.6 Å². The van der Waals surface area contributed by atoms with Crippen LogP contribution in [0.5, 0.6) is 0 Å². The van der Waals surface area contributed by atoms with Crippen LogP contribution in [0.25, 0.3) is 0 Å². The Bertz CT molecular complexity index is 744. The van der Waals surface area contributed by atoms with Crippen molar-refractivity contribution in [2.24, 2.45) is 13.0 Å². The summed E-state index contributed by atoms with van der Waals surface area (Å²) in [6.45, 7) is 0.427. The van der Waals surface area contributed by atoms with Crippen LogP contribution >= 0.6 is 0 Å². The van der Waals surface area contributed by atoms with Gasteiger partial charge in [0.15, 0.2) is 0 Å². The van der Waals surface area contributed by atoms with Gasteiger partial charge in [-0.25, -0.2) is 0 Å². The van der Waals surface area contributed by atoms with Gasteiger partial charge in [-0.2, -0.15) is 0 Å². The number of carbonyl (C=O) groups excluding carboxylic acids is 1. The molecular weight excluding hydrogens is 320 g/mol. The van der Waals surface area contributed by atoms with Gasteiger partial charge in [-0.15, -0.1) is 10.2 Å². The molecule has 1 fully saturated rings. The average molecular weight is 344 g/mol. The molecule has 1 aliphatic carbocycles. The number of amides is 1. The van der Waals surface area contributed by atoms with Crippen molar-refractivity contribution in [1.29, 1.82) is 0 Å². The highest BCUT2D eigenvalue weighted by atomic mass is 16.3. The van der Waals surface area contributed by atoms with Gasteiger partial charge < -0.3 is 19.9 Å². The van der Waals surface area contributed by atoms with Crippen molar-refractivity contribution in [1.82, 2.24) is 25.1 Å². The van der Waals surface area contributed by atoms with Crippen LogP contribution in [0.4, 0.5) is 5.69 Å². The third kappa shape index (κ3) is 3.63. The van der Waals surface area contributed by atoms with Crippen molar-refractivity contribution in [3.8, 4) is 0 Å². The Hall–Kier alpha value is -2.48. The summed E-state index contributed by atoms with van der Waals surface area (Å²) in [5.74, 6) is 0.881. The molecule has 0 unspecified atom stereocenters. The summed E-state index contributed by atoms with van der Waals surface area (Å²) in [7, 11) is 5.68. The topological polar surface area (TPSA) is 96.2 Å². The minimum absolute atomic E-state index is 0.00475. The first-order valence-corrected chi connectivity index (χ1v) is 8.39. The summed E-state index contributed by atoms with van der Waals surface area (Å²) in [5, 5.41) is 21.3. The number of carbonyl (C=O) groups is 1. The van der Waals surface area contributed by atoms with E-state index in [0.29, 0.717) is 18.5 Å². The molecule has 0 aliphatic heterocycles. The van der Waals surface area contributed by atoms with E-state index in [9.17, 15) is 9.90 Å². The highest BCUT2D eigenvalue weighted by Gasteiger charge is 2.36. The Kier molecular flexibility index (Phi) is 4.98. The fourth-order valence-electron chi connectivity index (χ4n) is 3.47. The van der Waals surface area contributed by atoms with Crippen LogP contribution in [0.3, 0.4) is 0 Å². The summed E-state index contributed by atoms with van der Waals surface area (Å²) >= 11 is 0. The molecule has 1 aliphatic rings. The SMILES string of the molecule is CN(C)c1ccncc1C(=O)NC[C@H]1C[C@H](c2nncn2C)C[C@H]1O.